The van der Waals surface area contributed by atoms with Gasteiger partial charge in [-0.05, 0) is 67.3 Å². The summed E-state index contributed by atoms with van der Waals surface area (Å²) in [6, 6.07) is 7.82. The molecule has 3 nitrogen and oxygen atoms in total. The van der Waals surface area contributed by atoms with E-state index in [0.717, 1.165) is 28.0 Å². The van der Waals surface area contributed by atoms with E-state index in [1.807, 2.05) is 51.2 Å². The highest BCUT2D eigenvalue weighted by atomic mass is 16.3. The zero-order chi connectivity index (χ0) is 13.8. The minimum atomic E-state index is 0.372. The smallest absolute Gasteiger partial charge is 0.121 e. The molecular weight excluding hydrogens is 236 g/mol. The molecular formula is C16H18N2O. The molecule has 2 N–H and O–H groups in total. The third-order valence-electron chi connectivity index (χ3n) is 3.06. The number of nitrogens with zero attached hydrogens (tertiary/aromatic N) is 1. The number of rotatable bonds is 3. The molecule has 0 spiro atoms. The van der Waals surface area contributed by atoms with Crippen LogP contribution < -0.4 is 5.32 Å². The second-order valence-electron chi connectivity index (χ2n) is 4.67. The predicted molar refractivity (Wildman–Crippen MR) is 79.1 cm³/mol. The first kappa shape index (κ1) is 13.1. The van der Waals surface area contributed by atoms with Crippen molar-refractivity contribution in [3.05, 3.63) is 59.5 Å². The number of aryl methyl sites for hydroxylation is 2. The second-order valence-corrected chi connectivity index (χ2v) is 4.67. The lowest BCUT2D eigenvalue weighted by Crippen LogP contribution is -1.92. The zero-order valence-corrected chi connectivity index (χ0v) is 11.4. The quantitative estimate of drug-likeness (QED) is 0.873. The molecule has 0 saturated heterocycles. The molecule has 1 aromatic heterocycles. The number of anilines is 1. The second kappa shape index (κ2) is 5.57. The molecule has 0 unspecified atom stereocenters. The van der Waals surface area contributed by atoms with E-state index in [4.69, 9.17) is 0 Å². The number of pyridine rings is 1. The van der Waals surface area contributed by atoms with Crippen LogP contribution in [0.15, 0.2) is 42.9 Å². The van der Waals surface area contributed by atoms with Crippen molar-refractivity contribution in [1.29, 1.82) is 0 Å². The van der Waals surface area contributed by atoms with E-state index in [9.17, 15) is 5.11 Å². The maximum atomic E-state index is 9.78. The average Bonchev–Trinajstić information content (AvgIpc) is 2.42. The van der Waals surface area contributed by atoms with E-state index in [1.54, 1.807) is 12.4 Å². The maximum Gasteiger partial charge on any atom is 0.121 e. The summed E-state index contributed by atoms with van der Waals surface area (Å²) in [5, 5.41) is 13.0. The Hall–Kier alpha value is -2.29. The van der Waals surface area contributed by atoms with Crippen LogP contribution in [-0.4, -0.2) is 10.1 Å². The molecule has 0 aliphatic heterocycles. The van der Waals surface area contributed by atoms with Crippen LogP contribution in [0.5, 0.6) is 5.75 Å². The monoisotopic (exact) mass is 254 g/mol. The molecule has 0 bridgehead atoms. The number of hydrogen-bond acceptors (Lipinski definition) is 3. The normalized spacial score (nSPS) is 11.4. The Kier molecular flexibility index (Phi) is 3.85. The molecule has 0 radical (unpaired) electrons. The van der Waals surface area contributed by atoms with Gasteiger partial charge in [0.1, 0.15) is 5.75 Å². The first-order valence-corrected chi connectivity index (χ1v) is 6.22. The van der Waals surface area contributed by atoms with Gasteiger partial charge in [-0.3, -0.25) is 4.98 Å². The van der Waals surface area contributed by atoms with Crippen LogP contribution in [0.4, 0.5) is 5.69 Å². The molecule has 2 aromatic rings. The highest BCUT2D eigenvalue weighted by Crippen LogP contribution is 2.26. The fourth-order valence-corrected chi connectivity index (χ4v) is 1.91. The van der Waals surface area contributed by atoms with Crippen molar-refractivity contribution in [2.24, 2.45) is 0 Å². The maximum absolute atomic E-state index is 9.78. The summed E-state index contributed by atoms with van der Waals surface area (Å²) in [6.45, 7) is 5.86. The van der Waals surface area contributed by atoms with Gasteiger partial charge in [0.05, 0.1) is 11.9 Å². The first-order valence-electron chi connectivity index (χ1n) is 6.22. The number of allylic oxidation sites excluding steroid dienone is 1. The molecule has 0 amide bonds. The summed E-state index contributed by atoms with van der Waals surface area (Å²) >= 11 is 0. The third-order valence-corrected chi connectivity index (χ3v) is 3.06. The Morgan fingerprint density at radius 1 is 1.26 bits per heavy atom. The Morgan fingerprint density at radius 2 is 1.95 bits per heavy atom. The van der Waals surface area contributed by atoms with Gasteiger partial charge in [0, 0.05) is 12.4 Å². The van der Waals surface area contributed by atoms with Crippen LogP contribution in [0.1, 0.15) is 23.6 Å². The SMILES string of the molecule is C/C(=C/Nc1cccnc1)c1cc(C)c(O)c(C)c1. The lowest BCUT2D eigenvalue weighted by molar-refractivity contribution is 0.467. The van der Waals surface area contributed by atoms with Crippen molar-refractivity contribution in [1.82, 2.24) is 4.98 Å². The Labute approximate surface area is 113 Å². The summed E-state index contributed by atoms with van der Waals surface area (Å²) in [5.74, 6) is 0.372. The van der Waals surface area contributed by atoms with E-state index >= 15 is 0 Å². The fourth-order valence-electron chi connectivity index (χ4n) is 1.91. The molecule has 0 atom stereocenters. The van der Waals surface area contributed by atoms with Gasteiger partial charge < -0.3 is 10.4 Å². The van der Waals surface area contributed by atoms with Crippen LogP contribution in [0.25, 0.3) is 5.57 Å². The summed E-state index contributed by atoms with van der Waals surface area (Å²) in [6.07, 6.45) is 5.47. The van der Waals surface area contributed by atoms with E-state index < -0.39 is 0 Å². The minimum Gasteiger partial charge on any atom is -0.507 e. The average molecular weight is 254 g/mol. The Balaban J connectivity index is 2.22. The number of benzene rings is 1. The number of nitrogens with one attached hydrogen (secondary N) is 1. The molecule has 1 aromatic carbocycles. The minimum absolute atomic E-state index is 0.372. The molecule has 19 heavy (non-hydrogen) atoms. The Bertz CT molecular complexity index is 580. The van der Waals surface area contributed by atoms with Crippen LogP contribution in [0, 0.1) is 13.8 Å². The number of phenols is 1. The van der Waals surface area contributed by atoms with E-state index in [2.05, 4.69) is 10.3 Å². The van der Waals surface area contributed by atoms with Crippen LogP contribution in [0.2, 0.25) is 0 Å². The summed E-state index contributed by atoms with van der Waals surface area (Å²) in [4.78, 5) is 4.05. The lowest BCUT2D eigenvalue weighted by atomic mass is 10.0. The molecule has 0 fully saturated rings. The molecule has 2 rings (SSSR count). The van der Waals surface area contributed by atoms with Gasteiger partial charge in [0.2, 0.25) is 0 Å². The fraction of sp³-hybridized carbons (Fsp3) is 0.188. The number of hydrogen-bond donors (Lipinski definition) is 2. The van der Waals surface area contributed by atoms with Gasteiger partial charge in [-0.1, -0.05) is 0 Å². The molecule has 0 saturated carbocycles. The van der Waals surface area contributed by atoms with Crippen molar-refractivity contribution in [3.63, 3.8) is 0 Å². The topological polar surface area (TPSA) is 45.2 Å². The van der Waals surface area contributed by atoms with Crippen molar-refractivity contribution in [3.8, 4) is 5.75 Å². The largest absolute Gasteiger partial charge is 0.507 e. The number of phenolic OH excluding ortho intramolecular Hbond substituents is 1. The Morgan fingerprint density at radius 3 is 2.53 bits per heavy atom. The van der Waals surface area contributed by atoms with E-state index in [0.29, 0.717) is 5.75 Å². The number of aromatic hydroxyl groups is 1. The van der Waals surface area contributed by atoms with E-state index in [-0.39, 0.29) is 0 Å². The van der Waals surface area contributed by atoms with Crippen molar-refractivity contribution in [2.75, 3.05) is 5.32 Å². The third kappa shape index (κ3) is 3.13. The van der Waals surface area contributed by atoms with Crippen molar-refractivity contribution in [2.45, 2.75) is 20.8 Å². The van der Waals surface area contributed by atoms with Gasteiger partial charge in [0.15, 0.2) is 0 Å². The molecule has 3 heteroatoms. The van der Waals surface area contributed by atoms with Crippen LogP contribution >= 0.6 is 0 Å². The number of aromatic nitrogens is 1. The van der Waals surface area contributed by atoms with Crippen LogP contribution in [0.3, 0.4) is 0 Å². The molecule has 98 valence electrons. The van der Waals surface area contributed by atoms with Gasteiger partial charge in [-0.25, -0.2) is 0 Å². The van der Waals surface area contributed by atoms with Crippen molar-refractivity contribution < 1.29 is 5.11 Å². The molecule has 1 heterocycles. The molecule has 0 aliphatic carbocycles. The highest BCUT2D eigenvalue weighted by Gasteiger charge is 2.04. The van der Waals surface area contributed by atoms with Gasteiger partial charge in [-0.2, -0.15) is 0 Å². The van der Waals surface area contributed by atoms with Crippen molar-refractivity contribution >= 4 is 11.3 Å². The summed E-state index contributed by atoms with van der Waals surface area (Å²) < 4.78 is 0. The highest BCUT2D eigenvalue weighted by molar-refractivity contribution is 5.68. The zero-order valence-electron chi connectivity index (χ0n) is 11.4. The standard InChI is InChI=1S/C16H18N2O/c1-11-7-14(8-12(2)16(11)19)13(3)9-18-15-5-4-6-17-10-15/h4-10,18-19H,1-3H3/b13-9-. The lowest BCUT2D eigenvalue weighted by Gasteiger charge is -2.09. The molecule has 0 aliphatic rings. The summed E-state index contributed by atoms with van der Waals surface area (Å²) in [7, 11) is 0. The van der Waals surface area contributed by atoms with Gasteiger partial charge >= 0.3 is 0 Å². The summed E-state index contributed by atoms with van der Waals surface area (Å²) in [5.41, 5.74) is 4.95. The van der Waals surface area contributed by atoms with E-state index in [1.165, 1.54) is 0 Å². The predicted octanol–water partition coefficient (Wildman–Crippen LogP) is 3.88. The van der Waals surface area contributed by atoms with Gasteiger partial charge in [-0.15, -0.1) is 0 Å². The van der Waals surface area contributed by atoms with Crippen LogP contribution in [-0.2, 0) is 0 Å². The first-order chi connectivity index (χ1) is 9.08. The van der Waals surface area contributed by atoms with Gasteiger partial charge in [0.25, 0.3) is 0 Å².